The molecule has 0 spiro atoms. The molecule has 2 aromatic carbocycles. The molecule has 0 saturated carbocycles. The van der Waals surface area contributed by atoms with Crippen LogP contribution in [0.2, 0.25) is 0 Å². The highest BCUT2D eigenvalue weighted by Gasteiger charge is 2.10. The maximum absolute atomic E-state index is 11.9. The Morgan fingerprint density at radius 2 is 1.76 bits per heavy atom. The van der Waals surface area contributed by atoms with Gasteiger partial charge in [0.1, 0.15) is 5.82 Å². The van der Waals surface area contributed by atoms with Crippen molar-refractivity contribution in [1.29, 1.82) is 0 Å². The monoisotopic (exact) mass is 404 g/mol. The number of rotatable bonds is 1. The van der Waals surface area contributed by atoms with E-state index in [0.717, 1.165) is 32.5 Å². The predicted molar refractivity (Wildman–Crippen MR) is 114 cm³/mol. The molecular formula is C23H33FN2O3. The van der Waals surface area contributed by atoms with E-state index in [2.05, 4.69) is 46.3 Å². The third-order valence-corrected chi connectivity index (χ3v) is 4.42. The number of β-amino-alcohol motifs (C(OH)–C–C–N with tert-alkyl or cyclic N) is 1. The Morgan fingerprint density at radius 1 is 1.14 bits per heavy atom. The SMILES string of the molecule is CN1CCc2ccccc2C1.COC=O.Fc1ccccc1.OC1CCCNC1. The van der Waals surface area contributed by atoms with E-state index in [1.807, 2.05) is 0 Å². The number of hydrogen-bond donors (Lipinski definition) is 2. The van der Waals surface area contributed by atoms with Gasteiger partial charge in [-0.3, -0.25) is 4.79 Å². The zero-order valence-electron chi connectivity index (χ0n) is 17.4. The van der Waals surface area contributed by atoms with Crippen molar-refractivity contribution in [2.24, 2.45) is 0 Å². The topological polar surface area (TPSA) is 61.8 Å². The summed E-state index contributed by atoms with van der Waals surface area (Å²) in [5, 5.41) is 11.9. The number of halogens is 1. The van der Waals surface area contributed by atoms with Crippen molar-refractivity contribution in [3.63, 3.8) is 0 Å². The predicted octanol–water partition coefficient (Wildman–Crippen LogP) is 3.02. The molecule has 5 nitrogen and oxygen atoms in total. The molecule has 2 aromatic rings. The number of aliphatic hydroxyl groups excluding tert-OH is 1. The van der Waals surface area contributed by atoms with Crippen LogP contribution in [0.15, 0.2) is 54.6 Å². The van der Waals surface area contributed by atoms with E-state index < -0.39 is 0 Å². The fourth-order valence-corrected chi connectivity index (χ4v) is 2.88. The third-order valence-electron chi connectivity index (χ3n) is 4.42. The number of piperidine rings is 1. The average Bonchev–Trinajstić information content (AvgIpc) is 2.76. The van der Waals surface area contributed by atoms with Gasteiger partial charge in [-0.05, 0) is 56.1 Å². The molecule has 160 valence electrons. The first kappa shape index (κ1) is 24.8. The normalized spacial score (nSPS) is 17.6. The van der Waals surface area contributed by atoms with Gasteiger partial charge in [-0.25, -0.2) is 4.39 Å². The summed E-state index contributed by atoms with van der Waals surface area (Å²) in [6.45, 7) is 4.57. The number of methoxy groups -OCH3 is 1. The summed E-state index contributed by atoms with van der Waals surface area (Å²) in [6, 6.07) is 16.7. The molecule has 0 aromatic heterocycles. The van der Waals surface area contributed by atoms with Crippen LogP contribution in [-0.2, 0) is 22.5 Å². The van der Waals surface area contributed by atoms with Gasteiger partial charge in [-0.15, -0.1) is 0 Å². The molecule has 2 aliphatic rings. The van der Waals surface area contributed by atoms with E-state index in [1.165, 1.54) is 43.3 Å². The second-order valence-corrected chi connectivity index (χ2v) is 6.88. The number of fused-ring (bicyclic) bond motifs is 1. The minimum absolute atomic E-state index is 0.0752. The van der Waals surface area contributed by atoms with Crippen LogP contribution in [0.5, 0.6) is 0 Å². The molecular weight excluding hydrogens is 371 g/mol. The smallest absolute Gasteiger partial charge is 0.292 e. The Balaban J connectivity index is 0.000000206. The van der Waals surface area contributed by atoms with Crippen molar-refractivity contribution in [3.8, 4) is 0 Å². The summed E-state index contributed by atoms with van der Waals surface area (Å²) in [4.78, 5) is 11.3. The number of nitrogens with one attached hydrogen (secondary N) is 1. The number of aliphatic hydroxyl groups is 1. The Hall–Kier alpha value is -2.28. The molecule has 2 aliphatic heterocycles. The van der Waals surface area contributed by atoms with Crippen LogP contribution in [0.25, 0.3) is 0 Å². The number of benzene rings is 2. The van der Waals surface area contributed by atoms with E-state index in [0.29, 0.717) is 6.47 Å². The van der Waals surface area contributed by atoms with Crippen LogP contribution in [0.1, 0.15) is 24.0 Å². The summed E-state index contributed by atoms with van der Waals surface area (Å²) in [6.07, 6.45) is 3.25. The first-order chi connectivity index (χ1) is 14.1. The van der Waals surface area contributed by atoms with Crippen molar-refractivity contribution in [2.45, 2.75) is 31.9 Å². The van der Waals surface area contributed by atoms with Crippen LogP contribution in [0.4, 0.5) is 4.39 Å². The maximum Gasteiger partial charge on any atom is 0.292 e. The van der Waals surface area contributed by atoms with Gasteiger partial charge in [0.15, 0.2) is 0 Å². The van der Waals surface area contributed by atoms with E-state index in [9.17, 15) is 4.39 Å². The van der Waals surface area contributed by atoms with E-state index >= 15 is 0 Å². The van der Waals surface area contributed by atoms with Crippen LogP contribution in [-0.4, -0.2) is 56.4 Å². The van der Waals surface area contributed by atoms with Crippen molar-refractivity contribution in [1.82, 2.24) is 10.2 Å². The highest BCUT2D eigenvalue weighted by atomic mass is 19.1. The molecule has 0 radical (unpaired) electrons. The maximum atomic E-state index is 11.9. The lowest BCUT2D eigenvalue weighted by molar-refractivity contribution is -0.126. The molecule has 1 unspecified atom stereocenters. The molecule has 0 aliphatic carbocycles. The molecule has 4 rings (SSSR count). The molecule has 2 N–H and O–H groups in total. The first-order valence-corrected chi connectivity index (χ1v) is 9.88. The highest BCUT2D eigenvalue weighted by Crippen LogP contribution is 2.16. The second-order valence-electron chi connectivity index (χ2n) is 6.88. The second kappa shape index (κ2) is 15.6. The molecule has 6 heteroatoms. The average molecular weight is 405 g/mol. The summed E-state index contributed by atoms with van der Waals surface area (Å²) in [5.41, 5.74) is 3.03. The number of likely N-dealkylation sites (N-methyl/N-ethyl adjacent to an activating group) is 1. The van der Waals surface area contributed by atoms with Gasteiger partial charge in [0.2, 0.25) is 0 Å². The number of hydrogen-bond acceptors (Lipinski definition) is 5. The molecule has 1 saturated heterocycles. The number of ether oxygens (including phenoxy) is 1. The lowest BCUT2D eigenvalue weighted by atomic mass is 10.0. The summed E-state index contributed by atoms with van der Waals surface area (Å²) < 4.78 is 15.8. The number of carbonyl (C=O) groups excluding carboxylic acids is 1. The Morgan fingerprint density at radius 3 is 2.21 bits per heavy atom. The Bertz CT molecular complexity index is 664. The molecule has 2 heterocycles. The number of carbonyl (C=O) groups is 1. The van der Waals surface area contributed by atoms with Crippen molar-refractivity contribution in [3.05, 3.63) is 71.5 Å². The standard InChI is InChI=1S/C10H13N.C6H5F.C5H11NO.C2H4O2/c1-11-7-6-9-4-2-3-5-10(9)8-11;7-6-4-2-1-3-5-6;7-5-2-1-3-6-4-5;1-4-2-3/h2-5H,6-8H2,1H3;1-5H;5-7H,1-4H2;2H,1H3. The largest absolute Gasteiger partial charge is 0.471 e. The summed E-state index contributed by atoms with van der Waals surface area (Å²) in [5.74, 6) is -0.178. The minimum atomic E-state index is -0.178. The molecule has 1 fully saturated rings. The number of nitrogens with zero attached hydrogens (tertiary/aromatic N) is 1. The lowest BCUT2D eigenvalue weighted by Crippen LogP contribution is -2.33. The molecule has 0 bridgehead atoms. The molecule has 29 heavy (non-hydrogen) atoms. The van der Waals surface area contributed by atoms with Crippen LogP contribution in [0.3, 0.4) is 0 Å². The fraction of sp³-hybridized carbons (Fsp3) is 0.435. The molecule has 1 atom stereocenters. The Kier molecular flexibility index (Phi) is 13.3. The summed E-state index contributed by atoms with van der Waals surface area (Å²) in [7, 11) is 3.49. The van der Waals surface area contributed by atoms with Gasteiger partial charge in [-0.2, -0.15) is 0 Å². The van der Waals surface area contributed by atoms with E-state index in [-0.39, 0.29) is 11.9 Å². The van der Waals surface area contributed by atoms with Gasteiger partial charge in [-0.1, -0.05) is 42.5 Å². The van der Waals surface area contributed by atoms with Gasteiger partial charge in [0, 0.05) is 19.6 Å². The van der Waals surface area contributed by atoms with Crippen molar-refractivity contribution in [2.75, 3.05) is 33.8 Å². The van der Waals surface area contributed by atoms with Crippen LogP contribution in [0, 0.1) is 5.82 Å². The highest BCUT2D eigenvalue weighted by molar-refractivity contribution is 5.36. The first-order valence-electron chi connectivity index (χ1n) is 9.88. The van der Waals surface area contributed by atoms with Gasteiger partial charge >= 0.3 is 0 Å². The quantitative estimate of drug-likeness (QED) is 0.716. The van der Waals surface area contributed by atoms with Crippen molar-refractivity contribution < 1.29 is 19.0 Å². The zero-order chi connectivity index (χ0) is 21.3. The Labute approximate surface area is 173 Å². The van der Waals surface area contributed by atoms with Gasteiger partial charge in [0.05, 0.1) is 13.2 Å². The van der Waals surface area contributed by atoms with E-state index in [1.54, 1.807) is 18.2 Å². The fourth-order valence-electron chi connectivity index (χ4n) is 2.88. The van der Waals surface area contributed by atoms with Crippen LogP contribution >= 0.6 is 0 Å². The third kappa shape index (κ3) is 12.0. The zero-order valence-corrected chi connectivity index (χ0v) is 17.4. The lowest BCUT2D eigenvalue weighted by Gasteiger charge is -2.24. The molecule has 0 amide bonds. The van der Waals surface area contributed by atoms with Gasteiger partial charge in [0.25, 0.3) is 6.47 Å². The summed E-state index contributed by atoms with van der Waals surface area (Å²) >= 11 is 0. The van der Waals surface area contributed by atoms with Gasteiger partial charge < -0.3 is 20.1 Å². The van der Waals surface area contributed by atoms with E-state index in [4.69, 9.17) is 9.90 Å². The minimum Gasteiger partial charge on any atom is -0.471 e. The van der Waals surface area contributed by atoms with Crippen LogP contribution < -0.4 is 5.32 Å². The van der Waals surface area contributed by atoms with Crippen molar-refractivity contribution >= 4 is 6.47 Å².